The molecule has 30 heavy (non-hydrogen) atoms. The van der Waals surface area contributed by atoms with Crippen molar-refractivity contribution in [1.29, 1.82) is 0 Å². The van der Waals surface area contributed by atoms with Crippen LogP contribution in [0.1, 0.15) is 31.2 Å². The summed E-state index contributed by atoms with van der Waals surface area (Å²) in [6.07, 6.45) is -3.29. The third-order valence-electron chi connectivity index (χ3n) is 6.41. The Morgan fingerprint density at radius 3 is 2.27 bits per heavy atom. The number of carbonyl (C=O) groups excluding carboxylic acids is 2. The molecule has 1 unspecified atom stereocenters. The number of ether oxygens (including phenoxy) is 2. The van der Waals surface area contributed by atoms with Gasteiger partial charge in [-0.2, -0.15) is 13.2 Å². The SMILES string of the molecule is COC(=O)C1(C(=O)OC)C[C@H](C(C#Cc2ccc(Cl)cc2)C(F)(F)F)[C@@H]2CCC[C@@H]21. The van der Waals surface area contributed by atoms with Crippen molar-refractivity contribution >= 4 is 23.5 Å². The third kappa shape index (κ3) is 3.90. The molecule has 2 aliphatic rings. The summed E-state index contributed by atoms with van der Waals surface area (Å²) in [6.45, 7) is 0. The lowest BCUT2D eigenvalue weighted by Crippen LogP contribution is -2.44. The van der Waals surface area contributed by atoms with E-state index in [0.29, 0.717) is 29.8 Å². The minimum atomic E-state index is -4.61. The second kappa shape index (κ2) is 8.50. The van der Waals surface area contributed by atoms with Crippen LogP contribution in [0.15, 0.2) is 24.3 Å². The molecule has 8 heteroatoms. The van der Waals surface area contributed by atoms with Gasteiger partial charge in [0, 0.05) is 10.6 Å². The van der Waals surface area contributed by atoms with Gasteiger partial charge in [0.05, 0.1) is 14.2 Å². The molecule has 0 bridgehead atoms. The van der Waals surface area contributed by atoms with Crippen molar-refractivity contribution in [1.82, 2.24) is 0 Å². The van der Waals surface area contributed by atoms with Gasteiger partial charge < -0.3 is 9.47 Å². The fraction of sp³-hybridized carbons (Fsp3) is 0.545. The summed E-state index contributed by atoms with van der Waals surface area (Å²) in [4.78, 5) is 25.3. The summed E-state index contributed by atoms with van der Waals surface area (Å²) in [6, 6.07) is 6.19. The number of methoxy groups -OCH3 is 2. The molecular formula is C22H22ClF3O4. The van der Waals surface area contributed by atoms with E-state index in [1.165, 1.54) is 0 Å². The van der Waals surface area contributed by atoms with Crippen LogP contribution in [-0.4, -0.2) is 32.3 Å². The lowest BCUT2D eigenvalue weighted by atomic mass is 9.76. The molecule has 4 atom stereocenters. The van der Waals surface area contributed by atoms with Gasteiger partial charge in [0.15, 0.2) is 5.41 Å². The third-order valence-corrected chi connectivity index (χ3v) is 6.66. The van der Waals surface area contributed by atoms with Gasteiger partial charge in [-0.15, -0.1) is 0 Å². The van der Waals surface area contributed by atoms with E-state index >= 15 is 0 Å². The molecule has 0 spiro atoms. The predicted molar refractivity (Wildman–Crippen MR) is 103 cm³/mol. The summed E-state index contributed by atoms with van der Waals surface area (Å²) >= 11 is 5.81. The zero-order chi connectivity index (χ0) is 22.1. The maximum atomic E-state index is 14.1. The largest absolute Gasteiger partial charge is 0.468 e. The minimum Gasteiger partial charge on any atom is -0.468 e. The molecule has 0 N–H and O–H groups in total. The highest BCUT2D eigenvalue weighted by atomic mass is 35.5. The summed E-state index contributed by atoms with van der Waals surface area (Å²) in [5.74, 6) is -0.695. The monoisotopic (exact) mass is 442 g/mol. The first kappa shape index (κ1) is 22.5. The highest BCUT2D eigenvalue weighted by molar-refractivity contribution is 6.30. The zero-order valence-electron chi connectivity index (χ0n) is 16.6. The van der Waals surface area contributed by atoms with Gasteiger partial charge in [0.25, 0.3) is 0 Å². The van der Waals surface area contributed by atoms with E-state index in [4.69, 9.17) is 21.1 Å². The van der Waals surface area contributed by atoms with Crippen molar-refractivity contribution in [3.63, 3.8) is 0 Å². The van der Waals surface area contributed by atoms with Crippen molar-refractivity contribution in [2.24, 2.45) is 29.1 Å². The fourth-order valence-electron chi connectivity index (χ4n) is 5.20. The molecule has 3 rings (SSSR count). The Bertz CT molecular complexity index is 853. The first-order valence-corrected chi connectivity index (χ1v) is 10.0. The van der Waals surface area contributed by atoms with Crippen LogP contribution in [0.3, 0.4) is 0 Å². The smallest absolute Gasteiger partial charge is 0.402 e. The Hall–Kier alpha value is -2.20. The molecular weight excluding hydrogens is 421 g/mol. The molecule has 2 fully saturated rings. The predicted octanol–water partition coefficient (Wildman–Crippen LogP) is 4.64. The molecule has 0 aromatic heterocycles. The lowest BCUT2D eigenvalue weighted by Gasteiger charge is -2.29. The van der Waals surface area contributed by atoms with Crippen LogP contribution in [0.4, 0.5) is 13.2 Å². The molecule has 2 aliphatic carbocycles. The number of fused-ring (bicyclic) bond motifs is 1. The van der Waals surface area contributed by atoms with Crippen LogP contribution in [-0.2, 0) is 19.1 Å². The molecule has 0 saturated heterocycles. The van der Waals surface area contributed by atoms with E-state index in [9.17, 15) is 22.8 Å². The van der Waals surface area contributed by atoms with E-state index in [1.807, 2.05) is 0 Å². The molecule has 0 aliphatic heterocycles. The summed E-state index contributed by atoms with van der Waals surface area (Å²) in [5.41, 5.74) is -1.32. The zero-order valence-corrected chi connectivity index (χ0v) is 17.3. The quantitative estimate of drug-likeness (QED) is 0.389. The number of hydrogen-bond donors (Lipinski definition) is 0. The van der Waals surface area contributed by atoms with Crippen molar-refractivity contribution in [2.45, 2.75) is 31.9 Å². The summed E-state index contributed by atoms with van der Waals surface area (Å²) < 4.78 is 51.9. The van der Waals surface area contributed by atoms with Gasteiger partial charge in [-0.3, -0.25) is 9.59 Å². The van der Waals surface area contributed by atoms with E-state index in [2.05, 4.69) is 11.8 Å². The number of rotatable bonds is 3. The number of carbonyl (C=O) groups is 2. The van der Waals surface area contributed by atoms with Gasteiger partial charge in [0.2, 0.25) is 0 Å². The maximum absolute atomic E-state index is 14.1. The number of halogens is 4. The van der Waals surface area contributed by atoms with Crippen molar-refractivity contribution < 1.29 is 32.2 Å². The highest BCUT2D eigenvalue weighted by Gasteiger charge is 2.67. The molecule has 4 nitrogen and oxygen atoms in total. The average molecular weight is 443 g/mol. The van der Waals surface area contributed by atoms with Gasteiger partial charge in [-0.05, 0) is 61.3 Å². The maximum Gasteiger partial charge on any atom is 0.402 e. The van der Waals surface area contributed by atoms with E-state index in [1.54, 1.807) is 24.3 Å². The first-order valence-electron chi connectivity index (χ1n) is 9.65. The van der Waals surface area contributed by atoms with Crippen LogP contribution < -0.4 is 0 Å². The highest BCUT2D eigenvalue weighted by Crippen LogP contribution is 2.61. The van der Waals surface area contributed by atoms with Crippen LogP contribution >= 0.6 is 11.6 Å². The number of benzene rings is 1. The van der Waals surface area contributed by atoms with E-state index in [0.717, 1.165) is 14.2 Å². The summed E-state index contributed by atoms with van der Waals surface area (Å²) in [7, 11) is 2.26. The van der Waals surface area contributed by atoms with Crippen LogP contribution in [0.2, 0.25) is 5.02 Å². The standard InChI is InChI=1S/C22H22ClF3O4/c1-29-19(27)21(20(28)30-2)12-16(15-4-3-5-17(15)21)18(22(24,25)26)11-8-13-6-9-14(23)10-7-13/h6-7,9-10,15-18H,3-5,12H2,1-2H3/t15-,16-,17-,18?/m0/s1. The number of hydrogen-bond acceptors (Lipinski definition) is 4. The van der Waals surface area contributed by atoms with Crippen LogP contribution in [0, 0.1) is 40.9 Å². The van der Waals surface area contributed by atoms with Gasteiger partial charge in [0.1, 0.15) is 5.92 Å². The molecule has 2 saturated carbocycles. The first-order chi connectivity index (χ1) is 14.1. The molecule has 1 aromatic carbocycles. The fourth-order valence-corrected chi connectivity index (χ4v) is 5.32. The Balaban J connectivity index is 2.03. The molecule has 162 valence electrons. The Kier molecular flexibility index (Phi) is 6.37. The van der Waals surface area contributed by atoms with Crippen molar-refractivity contribution in [2.75, 3.05) is 14.2 Å². The van der Waals surface area contributed by atoms with Gasteiger partial charge in [-0.25, -0.2) is 0 Å². The van der Waals surface area contributed by atoms with Crippen LogP contribution in [0.5, 0.6) is 0 Å². The Morgan fingerprint density at radius 1 is 1.13 bits per heavy atom. The van der Waals surface area contributed by atoms with Crippen LogP contribution in [0.25, 0.3) is 0 Å². The second-order valence-corrected chi connectivity index (χ2v) is 8.26. The van der Waals surface area contributed by atoms with E-state index in [-0.39, 0.29) is 6.42 Å². The molecule has 0 radical (unpaired) electrons. The van der Waals surface area contributed by atoms with E-state index < -0.39 is 47.2 Å². The molecule has 0 heterocycles. The molecule has 0 amide bonds. The number of alkyl halides is 3. The van der Waals surface area contributed by atoms with Crippen molar-refractivity contribution in [3.8, 4) is 11.8 Å². The average Bonchev–Trinajstić information content (AvgIpc) is 3.30. The summed E-state index contributed by atoms with van der Waals surface area (Å²) in [5, 5.41) is 0.457. The Labute approximate surface area is 178 Å². The second-order valence-electron chi connectivity index (χ2n) is 7.82. The number of esters is 2. The minimum absolute atomic E-state index is 0.291. The lowest BCUT2D eigenvalue weighted by molar-refractivity contribution is -0.179. The normalized spacial score (nSPS) is 25.6. The van der Waals surface area contributed by atoms with Gasteiger partial charge in [-0.1, -0.05) is 29.9 Å². The molecule has 1 aromatic rings. The van der Waals surface area contributed by atoms with Gasteiger partial charge >= 0.3 is 18.1 Å². The Morgan fingerprint density at radius 2 is 1.73 bits per heavy atom. The topological polar surface area (TPSA) is 52.6 Å². The van der Waals surface area contributed by atoms with Crippen molar-refractivity contribution in [3.05, 3.63) is 34.9 Å².